The number of nitrogens with two attached hydrogens (primary N) is 1. The number of fused-ring (bicyclic) bond motifs is 1. The third kappa shape index (κ3) is 3.28. The fourth-order valence-electron chi connectivity index (χ4n) is 2.09. The topological polar surface area (TPSA) is 94.3 Å². The summed E-state index contributed by atoms with van der Waals surface area (Å²) in [6.07, 6.45) is 1.52. The van der Waals surface area contributed by atoms with Gasteiger partial charge in [-0.15, -0.1) is 0 Å². The minimum Gasteiger partial charge on any atom is -0.465 e. The normalized spacial score (nSPS) is 10.4. The standard InChI is InChI=1S/C15H17N3O3/c1-3-21-13(19)8-18-15(20)14-11-6-9(2)7-12(16)10(11)4-5-17-14/h4-7H,3,8,16H2,1-2H3,(H,18,20). The molecule has 3 N–H and O–H groups in total. The molecule has 2 rings (SSSR count). The van der Waals surface area contributed by atoms with Crippen LogP contribution in [0.5, 0.6) is 0 Å². The van der Waals surface area contributed by atoms with E-state index in [2.05, 4.69) is 10.3 Å². The molecule has 6 nitrogen and oxygen atoms in total. The van der Waals surface area contributed by atoms with Gasteiger partial charge in [-0.3, -0.25) is 14.6 Å². The number of esters is 1. The summed E-state index contributed by atoms with van der Waals surface area (Å²) in [6, 6.07) is 5.44. The van der Waals surface area contributed by atoms with Crippen LogP contribution in [-0.2, 0) is 9.53 Å². The molecule has 0 aliphatic rings. The van der Waals surface area contributed by atoms with Gasteiger partial charge >= 0.3 is 5.97 Å². The van der Waals surface area contributed by atoms with Crippen molar-refractivity contribution in [3.8, 4) is 0 Å². The first kappa shape index (κ1) is 14.8. The van der Waals surface area contributed by atoms with E-state index in [-0.39, 0.29) is 18.8 Å². The smallest absolute Gasteiger partial charge is 0.325 e. The van der Waals surface area contributed by atoms with E-state index in [1.807, 2.05) is 19.1 Å². The van der Waals surface area contributed by atoms with Gasteiger partial charge in [-0.25, -0.2) is 0 Å². The van der Waals surface area contributed by atoms with Crippen LogP contribution in [0.4, 0.5) is 5.69 Å². The zero-order valence-corrected chi connectivity index (χ0v) is 12.0. The summed E-state index contributed by atoms with van der Waals surface area (Å²) in [7, 11) is 0. The number of carbonyl (C=O) groups excluding carboxylic acids is 2. The molecule has 0 radical (unpaired) electrons. The fourth-order valence-corrected chi connectivity index (χ4v) is 2.09. The molecule has 1 aromatic carbocycles. The molecule has 0 fully saturated rings. The van der Waals surface area contributed by atoms with E-state index in [0.717, 1.165) is 10.9 Å². The highest BCUT2D eigenvalue weighted by Crippen LogP contribution is 2.24. The minimum absolute atomic E-state index is 0.188. The zero-order valence-electron chi connectivity index (χ0n) is 12.0. The number of nitrogen functional groups attached to an aromatic ring is 1. The van der Waals surface area contributed by atoms with E-state index < -0.39 is 11.9 Å². The summed E-state index contributed by atoms with van der Waals surface area (Å²) in [5.74, 6) is -0.916. The maximum atomic E-state index is 12.2. The number of carbonyl (C=O) groups is 2. The van der Waals surface area contributed by atoms with E-state index in [4.69, 9.17) is 10.5 Å². The van der Waals surface area contributed by atoms with Gasteiger partial charge in [-0.05, 0) is 37.6 Å². The van der Waals surface area contributed by atoms with Gasteiger partial charge in [-0.2, -0.15) is 0 Å². The number of benzene rings is 1. The molecule has 0 aliphatic heterocycles. The van der Waals surface area contributed by atoms with Gasteiger partial charge in [0.25, 0.3) is 5.91 Å². The Morgan fingerprint density at radius 3 is 2.81 bits per heavy atom. The van der Waals surface area contributed by atoms with Crippen LogP contribution in [0, 0.1) is 6.92 Å². The Kier molecular flexibility index (Phi) is 4.37. The lowest BCUT2D eigenvalue weighted by molar-refractivity contribution is -0.141. The minimum atomic E-state index is -0.484. The molecule has 0 unspecified atom stereocenters. The lowest BCUT2D eigenvalue weighted by Gasteiger charge is -2.09. The second-order valence-electron chi connectivity index (χ2n) is 4.60. The first-order valence-electron chi connectivity index (χ1n) is 6.61. The predicted molar refractivity (Wildman–Crippen MR) is 79.9 cm³/mol. The lowest BCUT2D eigenvalue weighted by Crippen LogP contribution is -2.31. The Morgan fingerprint density at radius 2 is 2.10 bits per heavy atom. The van der Waals surface area contributed by atoms with Crippen molar-refractivity contribution < 1.29 is 14.3 Å². The van der Waals surface area contributed by atoms with Gasteiger partial charge < -0.3 is 15.8 Å². The van der Waals surface area contributed by atoms with Crippen molar-refractivity contribution >= 4 is 28.3 Å². The highest BCUT2D eigenvalue weighted by atomic mass is 16.5. The van der Waals surface area contributed by atoms with Crippen LogP contribution in [0.25, 0.3) is 10.8 Å². The highest BCUT2D eigenvalue weighted by molar-refractivity contribution is 6.08. The molecule has 21 heavy (non-hydrogen) atoms. The maximum absolute atomic E-state index is 12.2. The van der Waals surface area contributed by atoms with E-state index >= 15 is 0 Å². The second-order valence-corrected chi connectivity index (χ2v) is 4.60. The van der Waals surface area contributed by atoms with Crippen LogP contribution >= 0.6 is 0 Å². The van der Waals surface area contributed by atoms with Crippen LogP contribution in [0.2, 0.25) is 0 Å². The zero-order chi connectivity index (χ0) is 15.4. The first-order valence-corrected chi connectivity index (χ1v) is 6.61. The number of nitrogens with zero attached hydrogens (tertiary/aromatic N) is 1. The number of amides is 1. The average Bonchev–Trinajstić information content (AvgIpc) is 2.44. The average molecular weight is 287 g/mol. The first-order chi connectivity index (χ1) is 10.0. The molecule has 1 aromatic heterocycles. The van der Waals surface area contributed by atoms with Crippen LogP contribution in [0.3, 0.4) is 0 Å². The number of hydrogen-bond acceptors (Lipinski definition) is 5. The maximum Gasteiger partial charge on any atom is 0.325 e. The van der Waals surface area contributed by atoms with Crippen molar-refractivity contribution in [2.24, 2.45) is 0 Å². The fraction of sp³-hybridized carbons (Fsp3) is 0.267. The lowest BCUT2D eigenvalue weighted by atomic mass is 10.0. The number of nitrogens with one attached hydrogen (secondary N) is 1. The Balaban J connectivity index is 2.29. The molecule has 0 saturated heterocycles. The Labute approximate surface area is 122 Å². The molecular weight excluding hydrogens is 270 g/mol. The summed E-state index contributed by atoms with van der Waals surface area (Å²) in [5.41, 5.74) is 7.72. The van der Waals surface area contributed by atoms with Crippen molar-refractivity contribution in [3.05, 3.63) is 35.7 Å². The molecule has 0 saturated carbocycles. The van der Waals surface area contributed by atoms with E-state index in [1.54, 1.807) is 13.0 Å². The van der Waals surface area contributed by atoms with Crippen molar-refractivity contribution in [2.75, 3.05) is 18.9 Å². The largest absolute Gasteiger partial charge is 0.465 e. The van der Waals surface area contributed by atoms with Gasteiger partial charge in [0.15, 0.2) is 0 Å². The number of aromatic nitrogens is 1. The number of aryl methyl sites for hydroxylation is 1. The van der Waals surface area contributed by atoms with Crippen molar-refractivity contribution in [1.82, 2.24) is 10.3 Å². The van der Waals surface area contributed by atoms with Crippen molar-refractivity contribution in [2.45, 2.75) is 13.8 Å². The van der Waals surface area contributed by atoms with E-state index in [0.29, 0.717) is 11.1 Å². The molecule has 2 aromatic rings. The number of pyridine rings is 1. The number of anilines is 1. The third-order valence-corrected chi connectivity index (χ3v) is 2.97. The summed E-state index contributed by atoms with van der Waals surface area (Å²) in [5, 5.41) is 3.92. The monoisotopic (exact) mass is 287 g/mol. The molecule has 0 spiro atoms. The van der Waals surface area contributed by atoms with Crippen LogP contribution < -0.4 is 11.1 Å². The summed E-state index contributed by atoms with van der Waals surface area (Å²) < 4.78 is 4.76. The molecule has 1 amide bonds. The SMILES string of the molecule is CCOC(=O)CNC(=O)c1nccc2c(N)cc(C)cc12. The predicted octanol–water partition coefficient (Wildman–Crippen LogP) is 1.42. The van der Waals surface area contributed by atoms with Crippen molar-refractivity contribution in [3.63, 3.8) is 0 Å². The Morgan fingerprint density at radius 1 is 1.33 bits per heavy atom. The van der Waals surface area contributed by atoms with E-state index in [9.17, 15) is 9.59 Å². The quantitative estimate of drug-likeness (QED) is 0.655. The molecule has 1 heterocycles. The Hall–Kier alpha value is -2.63. The van der Waals surface area contributed by atoms with Gasteiger partial charge in [0, 0.05) is 22.7 Å². The molecular formula is C15H17N3O3. The third-order valence-electron chi connectivity index (χ3n) is 2.97. The van der Waals surface area contributed by atoms with Gasteiger partial charge in [0.2, 0.25) is 0 Å². The summed E-state index contributed by atoms with van der Waals surface area (Å²) in [4.78, 5) is 27.5. The van der Waals surface area contributed by atoms with Crippen LogP contribution in [0.15, 0.2) is 24.4 Å². The molecule has 110 valence electrons. The second kappa shape index (κ2) is 6.21. The summed E-state index contributed by atoms with van der Waals surface area (Å²) >= 11 is 0. The van der Waals surface area contributed by atoms with Crippen molar-refractivity contribution in [1.29, 1.82) is 0 Å². The van der Waals surface area contributed by atoms with Gasteiger partial charge in [-0.1, -0.05) is 0 Å². The number of rotatable bonds is 4. The summed E-state index contributed by atoms with van der Waals surface area (Å²) in [6.45, 7) is 3.68. The number of hydrogen-bond donors (Lipinski definition) is 2. The molecule has 0 bridgehead atoms. The van der Waals surface area contributed by atoms with Gasteiger partial charge in [0.1, 0.15) is 12.2 Å². The highest BCUT2D eigenvalue weighted by Gasteiger charge is 2.14. The Bertz CT molecular complexity index is 698. The molecule has 6 heteroatoms. The molecule has 0 aliphatic carbocycles. The number of ether oxygens (including phenoxy) is 1. The molecule has 0 atom stereocenters. The van der Waals surface area contributed by atoms with Crippen LogP contribution in [-0.4, -0.2) is 30.0 Å². The van der Waals surface area contributed by atoms with Gasteiger partial charge in [0.05, 0.1) is 6.61 Å². The van der Waals surface area contributed by atoms with E-state index in [1.165, 1.54) is 6.20 Å². The van der Waals surface area contributed by atoms with Crippen LogP contribution in [0.1, 0.15) is 23.0 Å².